The topological polar surface area (TPSA) is 41.5 Å². The van der Waals surface area contributed by atoms with Crippen LogP contribution in [-0.4, -0.2) is 12.1 Å². The van der Waals surface area contributed by atoms with Gasteiger partial charge in [-0.25, -0.2) is 5.43 Å². The standard InChI is InChI=1S/C20H18N2O/c1-15-6-4-7-16(12-15)14-21-22-20(23)13-18-10-5-9-17-8-2-3-11-19(17)18/h2-12,14H,13H2,1H3,(H,22,23). The number of aryl methyl sites for hydroxylation is 1. The van der Waals surface area contributed by atoms with Gasteiger partial charge in [-0.3, -0.25) is 4.79 Å². The molecule has 1 N–H and O–H groups in total. The second-order valence-electron chi connectivity index (χ2n) is 5.52. The Kier molecular flexibility index (Phi) is 4.48. The molecular weight excluding hydrogens is 284 g/mol. The lowest BCUT2D eigenvalue weighted by Crippen LogP contribution is -2.19. The lowest BCUT2D eigenvalue weighted by molar-refractivity contribution is -0.120. The van der Waals surface area contributed by atoms with E-state index in [-0.39, 0.29) is 5.91 Å². The molecule has 0 spiro atoms. The third kappa shape index (κ3) is 3.83. The molecule has 3 rings (SSSR count). The number of hydrogen-bond acceptors (Lipinski definition) is 2. The molecule has 114 valence electrons. The molecule has 3 heteroatoms. The van der Waals surface area contributed by atoms with E-state index in [1.807, 2.05) is 73.7 Å². The molecule has 0 aliphatic rings. The van der Waals surface area contributed by atoms with Gasteiger partial charge in [0.1, 0.15) is 0 Å². The Hall–Kier alpha value is -2.94. The molecular formula is C20H18N2O. The summed E-state index contributed by atoms with van der Waals surface area (Å²) < 4.78 is 0. The Morgan fingerprint density at radius 1 is 1.04 bits per heavy atom. The van der Waals surface area contributed by atoms with Crippen molar-refractivity contribution in [3.05, 3.63) is 83.4 Å². The highest BCUT2D eigenvalue weighted by Gasteiger charge is 2.05. The van der Waals surface area contributed by atoms with Crippen LogP contribution in [0.4, 0.5) is 0 Å². The number of carbonyl (C=O) groups is 1. The Balaban J connectivity index is 1.67. The zero-order valence-electron chi connectivity index (χ0n) is 13.0. The predicted molar refractivity (Wildman–Crippen MR) is 94.6 cm³/mol. The van der Waals surface area contributed by atoms with Crippen LogP contribution in [0.5, 0.6) is 0 Å². The zero-order valence-corrected chi connectivity index (χ0v) is 13.0. The third-order valence-electron chi connectivity index (χ3n) is 3.68. The smallest absolute Gasteiger partial charge is 0.244 e. The average Bonchev–Trinajstić information content (AvgIpc) is 2.55. The van der Waals surface area contributed by atoms with Crippen LogP contribution < -0.4 is 5.43 Å². The Bertz CT molecular complexity index is 863. The fourth-order valence-corrected chi connectivity index (χ4v) is 2.59. The highest BCUT2D eigenvalue weighted by molar-refractivity contribution is 5.90. The Morgan fingerprint density at radius 2 is 1.83 bits per heavy atom. The largest absolute Gasteiger partial charge is 0.273 e. The zero-order chi connectivity index (χ0) is 16.1. The molecule has 0 radical (unpaired) electrons. The van der Waals surface area contributed by atoms with Gasteiger partial charge in [0.05, 0.1) is 12.6 Å². The lowest BCUT2D eigenvalue weighted by atomic mass is 10.0. The summed E-state index contributed by atoms with van der Waals surface area (Å²) in [5.74, 6) is -0.120. The van der Waals surface area contributed by atoms with Gasteiger partial charge in [0, 0.05) is 0 Å². The molecule has 3 aromatic rings. The van der Waals surface area contributed by atoms with Crippen molar-refractivity contribution in [3.8, 4) is 0 Å². The number of hydrogen-bond donors (Lipinski definition) is 1. The van der Waals surface area contributed by atoms with Gasteiger partial charge in [-0.05, 0) is 28.8 Å². The summed E-state index contributed by atoms with van der Waals surface area (Å²) >= 11 is 0. The molecule has 3 nitrogen and oxygen atoms in total. The van der Waals surface area contributed by atoms with Gasteiger partial charge in [-0.2, -0.15) is 5.10 Å². The average molecular weight is 302 g/mol. The first-order valence-corrected chi connectivity index (χ1v) is 7.57. The number of carbonyl (C=O) groups excluding carboxylic acids is 1. The van der Waals surface area contributed by atoms with Crippen LogP contribution in [0.25, 0.3) is 10.8 Å². The molecule has 0 saturated carbocycles. The van der Waals surface area contributed by atoms with Crippen molar-refractivity contribution in [2.45, 2.75) is 13.3 Å². The van der Waals surface area contributed by atoms with Gasteiger partial charge in [0.25, 0.3) is 0 Å². The van der Waals surface area contributed by atoms with Crippen molar-refractivity contribution >= 4 is 22.9 Å². The van der Waals surface area contributed by atoms with Gasteiger partial charge in [0.15, 0.2) is 0 Å². The van der Waals surface area contributed by atoms with Crippen LogP contribution in [0.15, 0.2) is 71.8 Å². The van der Waals surface area contributed by atoms with E-state index in [1.165, 1.54) is 0 Å². The lowest BCUT2D eigenvalue weighted by Gasteiger charge is -2.05. The molecule has 0 aliphatic heterocycles. The first kappa shape index (κ1) is 15.0. The molecule has 0 saturated heterocycles. The summed E-state index contributed by atoms with van der Waals surface area (Å²) in [7, 11) is 0. The number of fused-ring (bicyclic) bond motifs is 1. The second kappa shape index (κ2) is 6.88. The third-order valence-corrected chi connectivity index (χ3v) is 3.68. The van der Waals surface area contributed by atoms with Crippen molar-refractivity contribution < 1.29 is 4.79 Å². The molecule has 0 heterocycles. The Morgan fingerprint density at radius 3 is 2.70 bits per heavy atom. The van der Waals surface area contributed by atoms with Crippen molar-refractivity contribution in [1.29, 1.82) is 0 Å². The fourth-order valence-electron chi connectivity index (χ4n) is 2.59. The van der Waals surface area contributed by atoms with Crippen LogP contribution in [0.2, 0.25) is 0 Å². The van der Waals surface area contributed by atoms with Crippen molar-refractivity contribution in [1.82, 2.24) is 5.43 Å². The van der Waals surface area contributed by atoms with E-state index in [0.717, 1.165) is 27.5 Å². The number of nitrogens with one attached hydrogen (secondary N) is 1. The summed E-state index contributed by atoms with van der Waals surface area (Å²) in [6, 6.07) is 22.0. The molecule has 0 bridgehead atoms. The van der Waals surface area contributed by atoms with Crippen LogP contribution in [0.1, 0.15) is 16.7 Å². The summed E-state index contributed by atoms with van der Waals surface area (Å²) in [5.41, 5.74) is 5.73. The monoisotopic (exact) mass is 302 g/mol. The fraction of sp³-hybridized carbons (Fsp3) is 0.100. The summed E-state index contributed by atoms with van der Waals surface area (Å²) in [6.07, 6.45) is 1.97. The predicted octanol–water partition coefficient (Wildman–Crippen LogP) is 3.84. The summed E-state index contributed by atoms with van der Waals surface area (Å²) in [5, 5.41) is 6.28. The highest BCUT2D eigenvalue weighted by atomic mass is 16.2. The van der Waals surface area contributed by atoms with E-state index in [1.54, 1.807) is 6.21 Å². The maximum absolute atomic E-state index is 12.1. The normalized spacial score (nSPS) is 11.0. The molecule has 0 atom stereocenters. The summed E-state index contributed by atoms with van der Waals surface area (Å²) in [6.45, 7) is 2.02. The van der Waals surface area contributed by atoms with Crippen LogP contribution >= 0.6 is 0 Å². The number of hydrazone groups is 1. The first-order valence-electron chi connectivity index (χ1n) is 7.57. The van der Waals surface area contributed by atoms with Crippen molar-refractivity contribution in [3.63, 3.8) is 0 Å². The maximum atomic E-state index is 12.1. The molecule has 0 aromatic heterocycles. The SMILES string of the molecule is Cc1cccc(C=NNC(=O)Cc2cccc3ccccc23)c1. The molecule has 3 aromatic carbocycles. The molecule has 0 aliphatic carbocycles. The van der Waals surface area contributed by atoms with E-state index in [0.29, 0.717) is 6.42 Å². The van der Waals surface area contributed by atoms with Crippen molar-refractivity contribution in [2.75, 3.05) is 0 Å². The minimum absolute atomic E-state index is 0.120. The van der Waals surface area contributed by atoms with E-state index in [9.17, 15) is 4.79 Å². The minimum Gasteiger partial charge on any atom is -0.273 e. The van der Waals surface area contributed by atoms with E-state index in [4.69, 9.17) is 0 Å². The van der Waals surface area contributed by atoms with Gasteiger partial charge in [0.2, 0.25) is 5.91 Å². The first-order chi connectivity index (χ1) is 11.2. The number of benzene rings is 3. The number of amides is 1. The van der Waals surface area contributed by atoms with Gasteiger partial charge in [-0.1, -0.05) is 72.3 Å². The van der Waals surface area contributed by atoms with Crippen LogP contribution in [0, 0.1) is 6.92 Å². The molecule has 0 fully saturated rings. The van der Waals surface area contributed by atoms with Gasteiger partial charge >= 0.3 is 0 Å². The number of rotatable bonds is 4. The quantitative estimate of drug-likeness (QED) is 0.577. The van der Waals surface area contributed by atoms with Crippen LogP contribution in [0.3, 0.4) is 0 Å². The van der Waals surface area contributed by atoms with E-state index in [2.05, 4.69) is 10.5 Å². The van der Waals surface area contributed by atoms with Gasteiger partial charge in [-0.15, -0.1) is 0 Å². The number of nitrogens with zero attached hydrogens (tertiary/aromatic N) is 1. The Labute approximate surface area is 135 Å². The molecule has 1 amide bonds. The molecule has 0 unspecified atom stereocenters. The van der Waals surface area contributed by atoms with Crippen LogP contribution in [-0.2, 0) is 11.2 Å². The van der Waals surface area contributed by atoms with E-state index < -0.39 is 0 Å². The summed E-state index contributed by atoms with van der Waals surface area (Å²) in [4.78, 5) is 12.1. The van der Waals surface area contributed by atoms with Gasteiger partial charge < -0.3 is 0 Å². The highest BCUT2D eigenvalue weighted by Crippen LogP contribution is 2.18. The molecule has 23 heavy (non-hydrogen) atoms. The second-order valence-corrected chi connectivity index (χ2v) is 5.52. The maximum Gasteiger partial charge on any atom is 0.244 e. The van der Waals surface area contributed by atoms with Crippen molar-refractivity contribution in [2.24, 2.45) is 5.10 Å². The van der Waals surface area contributed by atoms with E-state index >= 15 is 0 Å². The minimum atomic E-state index is -0.120.